The van der Waals surface area contributed by atoms with Crippen LogP contribution >= 0.6 is 0 Å². The van der Waals surface area contributed by atoms with Crippen LogP contribution in [-0.4, -0.2) is 33.7 Å². The highest BCUT2D eigenvalue weighted by Crippen LogP contribution is 2.41. The molecule has 0 saturated carbocycles. The first kappa shape index (κ1) is 34.0. The molecule has 4 aromatic carbocycles. The minimum absolute atomic E-state index is 0.0442. The summed E-state index contributed by atoms with van der Waals surface area (Å²) in [6.45, 7) is 0. The Labute approximate surface area is 271 Å². The maximum absolute atomic E-state index is 13.1. The van der Waals surface area contributed by atoms with Gasteiger partial charge in [-0.1, -0.05) is 121 Å². The number of unbranched alkanes of at least 4 members (excludes halogenated alkanes) is 1. The molecule has 4 aromatic rings. The van der Waals surface area contributed by atoms with Crippen LogP contribution in [0.1, 0.15) is 86.5 Å². The van der Waals surface area contributed by atoms with Gasteiger partial charge >= 0.3 is 11.9 Å². The highest BCUT2D eigenvalue weighted by Gasteiger charge is 2.38. The van der Waals surface area contributed by atoms with Crippen LogP contribution in [0.5, 0.6) is 0 Å². The molecule has 0 aliphatic heterocycles. The Bertz CT molecular complexity index is 1370. The number of carbonyl (C=O) groups is 4. The van der Waals surface area contributed by atoms with E-state index in [1.807, 2.05) is 121 Å². The van der Waals surface area contributed by atoms with Gasteiger partial charge in [0.2, 0.25) is 0 Å². The molecule has 0 saturated heterocycles. The first-order valence-electron chi connectivity index (χ1n) is 15.9. The monoisotopic (exact) mass is 618 g/mol. The molecule has 0 unspecified atom stereocenters. The number of carbonyl (C=O) groups excluding carboxylic acids is 2. The Hall–Kier alpha value is -4.84. The van der Waals surface area contributed by atoms with Crippen LogP contribution in [0.25, 0.3) is 0 Å². The standard InChI is InChI=1S/C40H42O6/c41-35(25-27-39(29-37(43)44,31-15-5-1-6-16-31)32-17-7-2-8-18-32)23-13-14-24-36(42)26-28-40(30-38(45)46,33-19-9-3-10-20-33)34-21-11-4-12-22-34/h1-12,15-22H,13-14,23-30H2,(H,43,44)(H,45,46). The first-order valence-corrected chi connectivity index (χ1v) is 15.9. The minimum Gasteiger partial charge on any atom is -0.481 e. The number of hydrogen-bond donors (Lipinski definition) is 2. The molecule has 46 heavy (non-hydrogen) atoms. The Morgan fingerprint density at radius 3 is 0.913 bits per heavy atom. The van der Waals surface area contributed by atoms with Crippen molar-refractivity contribution in [2.45, 2.75) is 75.0 Å². The van der Waals surface area contributed by atoms with Crippen LogP contribution in [0.3, 0.4) is 0 Å². The summed E-state index contributed by atoms with van der Waals surface area (Å²) in [6, 6.07) is 38.1. The number of benzene rings is 4. The van der Waals surface area contributed by atoms with Gasteiger partial charge in [0.25, 0.3) is 0 Å². The summed E-state index contributed by atoms with van der Waals surface area (Å²) in [5, 5.41) is 19.8. The van der Waals surface area contributed by atoms with E-state index < -0.39 is 22.8 Å². The van der Waals surface area contributed by atoms with Gasteiger partial charge in [-0.3, -0.25) is 19.2 Å². The summed E-state index contributed by atoms with van der Waals surface area (Å²) >= 11 is 0. The van der Waals surface area contributed by atoms with Gasteiger partial charge in [0.1, 0.15) is 11.6 Å². The molecule has 0 spiro atoms. The van der Waals surface area contributed by atoms with Gasteiger partial charge in [0.15, 0.2) is 0 Å². The van der Waals surface area contributed by atoms with Crippen molar-refractivity contribution in [3.8, 4) is 0 Å². The van der Waals surface area contributed by atoms with E-state index in [9.17, 15) is 29.4 Å². The maximum atomic E-state index is 13.1. The second-order valence-corrected chi connectivity index (χ2v) is 12.1. The van der Waals surface area contributed by atoms with E-state index in [4.69, 9.17) is 0 Å². The second-order valence-electron chi connectivity index (χ2n) is 12.1. The van der Waals surface area contributed by atoms with Gasteiger partial charge in [0, 0.05) is 36.5 Å². The average Bonchev–Trinajstić information content (AvgIpc) is 3.08. The van der Waals surface area contributed by atoms with Crippen LogP contribution in [0, 0.1) is 0 Å². The summed E-state index contributed by atoms with van der Waals surface area (Å²) in [5.74, 6) is -1.76. The molecule has 0 fully saturated rings. The van der Waals surface area contributed by atoms with Crippen molar-refractivity contribution < 1.29 is 29.4 Å². The molecule has 0 aromatic heterocycles. The van der Waals surface area contributed by atoms with E-state index in [1.165, 1.54) is 0 Å². The number of Topliss-reactive ketones (excluding diaryl/α,β-unsaturated/α-hetero) is 2. The highest BCUT2D eigenvalue weighted by molar-refractivity contribution is 5.80. The Morgan fingerprint density at radius 2 is 0.674 bits per heavy atom. The molecule has 0 aliphatic rings. The van der Waals surface area contributed by atoms with E-state index in [2.05, 4.69) is 0 Å². The van der Waals surface area contributed by atoms with E-state index in [0.717, 1.165) is 22.3 Å². The Kier molecular flexibility index (Phi) is 12.2. The molecule has 0 atom stereocenters. The quantitative estimate of drug-likeness (QED) is 0.103. The lowest BCUT2D eigenvalue weighted by Crippen LogP contribution is -2.32. The summed E-state index contributed by atoms with van der Waals surface area (Å²) in [5.41, 5.74) is 1.80. The zero-order valence-corrected chi connectivity index (χ0v) is 26.1. The molecular weight excluding hydrogens is 576 g/mol. The molecule has 0 heterocycles. The van der Waals surface area contributed by atoms with E-state index in [-0.39, 0.29) is 37.2 Å². The van der Waals surface area contributed by atoms with Crippen molar-refractivity contribution in [1.82, 2.24) is 0 Å². The van der Waals surface area contributed by atoms with Crippen LogP contribution < -0.4 is 0 Å². The van der Waals surface area contributed by atoms with Crippen molar-refractivity contribution in [1.29, 1.82) is 0 Å². The zero-order chi connectivity index (χ0) is 32.8. The molecular formula is C40H42O6. The molecule has 238 valence electrons. The number of aliphatic carboxylic acids is 2. The molecule has 0 bridgehead atoms. The minimum atomic E-state index is -0.925. The van der Waals surface area contributed by atoms with Crippen LogP contribution in [0.15, 0.2) is 121 Å². The molecule has 0 radical (unpaired) electrons. The summed E-state index contributed by atoms with van der Waals surface area (Å²) in [7, 11) is 0. The lowest BCUT2D eigenvalue weighted by molar-refractivity contribution is -0.139. The fourth-order valence-corrected chi connectivity index (χ4v) is 6.64. The lowest BCUT2D eigenvalue weighted by Gasteiger charge is -2.34. The lowest BCUT2D eigenvalue weighted by atomic mass is 9.68. The van der Waals surface area contributed by atoms with Crippen molar-refractivity contribution in [3.05, 3.63) is 144 Å². The van der Waals surface area contributed by atoms with E-state index in [0.29, 0.717) is 38.5 Å². The Balaban J connectivity index is 1.35. The van der Waals surface area contributed by atoms with Crippen LogP contribution in [-0.2, 0) is 30.0 Å². The van der Waals surface area contributed by atoms with Crippen LogP contribution in [0.2, 0.25) is 0 Å². The molecule has 2 N–H and O–H groups in total. The first-order chi connectivity index (χ1) is 22.2. The highest BCUT2D eigenvalue weighted by atomic mass is 16.4. The van der Waals surface area contributed by atoms with Crippen LogP contribution in [0.4, 0.5) is 0 Å². The molecule has 6 nitrogen and oxygen atoms in total. The van der Waals surface area contributed by atoms with Gasteiger partial charge in [0.05, 0.1) is 12.8 Å². The van der Waals surface area contributed by atoms with E-state index >= 15 is 0 Å². The van der Waals surface area contributed by atoms with Gasteiger partial charge in [-0.25, -0.2) is 0 Å². The third-order valence-electron chi connectivity index (χ3n) is 9.03. The third-order valence-corrected chi connectivity index (χ3v) is 9.03. The predicted octanol–water partition coefficient (Wildman–Crippen LogP) is 8.17. The third kappa shape index (κ3) is 8.87. The van der Waals surface area contributed by atoms with Gasteiger partial charge < -0.3 is 10.2 Å². The fourth-order valence-electron chi connectivity index (χ4n) is 6.64. The van der Waals surface area contributed by atoms with E-state index in [1.54, 1.807) is 0 Å². The summed E-state index contributed by atoms with van der Waals surface area (Å²) in [6.07, 6.45) is 2.71. The molecule has 0 aliphatic carbocycles. The molecule has 6 heteroatoms. The largest absolute Gasteiger partial charge is 0.481 e. The normalized spacial score (nSPS) is 11.6. The molecule has 4 rings (SSSR count). The summed E-state index contributed by atoms with van der Waals surface area (Å²) < 4.78 is 0. The SMILES string of the molecule is O=C(O)CC(CCC(=O)CCCCC(=O)CCC(CC(=O)O)(c1ccccc1)c1ccccc1)(c1ccccc1)c1ccccc1. The average molecular weight is 619 g/mol. The topological polar surface area (TPSA) is 109 Å². The van der Waals surface area contributed by atoms with Gasteiger partial charge in [-0.2, -0.15) is 0 Å². The number of ketones is 2. The van der Waals surface area contributed by atoms with Crippen molar-refractivity contribution in [2.24, 2.45) is 0 Å². The maximum Gasteiger partial charge on any atom is 0.304 e. The zero-order valence-electron chi connectivity index (χ0n) is 26.1. The van der Waals surface area contributed by atoms with Crippen molar-refractivity contribution in [2.75, 3.05) is 0 Å². The van der Waals surface area contributed by atoms with Gasteiger partial charge in [-0.15, -0.1) is 0 Å². The van der Waals surface area contributed by atoms with Gasteiger partial charge in [-0.05, 0) is 47.9 Å². The number of hydrogen-bond acceptors (Lipinski definition) is 4. The number of carboxylic acid groups (broad SMARTS) is 2. The predicted molar refractivity (Wildman–Crippen MR) is 179 cm³/mol. The van der Waals surface area contributed by atoms with Crippen molar-refractivity contribution in [3.63, 3.8) is 0 Å². The second kappa shape index (κ2) is 16.5. The summed E-state index contributed by atoms with van der Waals surface area (Å²) in [4.78, 5) is 50.3. The fraction of sp³-hybridized carbons (Fsp3) is 0.300. The van der Waals surface area contributed by atoms with Crippen molar-refractivity contribution >= 4 is 23.5 Å². The smallest absolute Gasteiger partial charge is 0.304 e. The number of rotatable bonds is 19. The molecule has 0 amide bonds. The number of carboxylic acids is 2. The Morgan fingerprint density at radius 1 is 0.413 bits per heavy atom.